The molecule has 4 aromatic rings. The average molecular weight is 672 g/mol. The number of imidazole rings is 2. The maximum Gasteiger partial charge on any atom is 0.472 e. The predicted octanol–water partition coefficient (Wildman–Crippen LogP) is -0.211. The molecule has 0 saturated carbocycles. The van der Waals surface area contributed by atoms with Crippen LogP contribution in [0.15, 0.2) is 23.8 Å². The van der Waals surface area contributed by atoms with Crippen LogP contribution in [0.2, 0.25) is 0 Å². The molecule has 25 heteroatoms. The molecule has 0 amide bonds. The van der Waals surface area contributed by atoms with Gasteiger partial charge in [0.25, 0.3) is 13.0 Å². The highest BCUT2D eigenvalue weighted by Crippen LogP contribution is 2.54. The van der Waals surface area contributed by atoms with Gasteiger partial charge in [0.15, 0.2) is 47.4 Å². The minimum Gasteiger partial charge on any atom is -0.382 e. The van der Waals surface area contributed by atoms with E-state index in [4.69, 9.17) is 46.6 Å². The summed E-state index contributed by atoms with van der Waals surface area (Å²) in [7, 11) is -4.03. The van der Waals surface area contributed by atoms with Crippen LogP contribution in [0.25, 0.3) is 22.3 Å². The molecule has 45 heavy (non-hydrogen) atoms. The van der Waals surface area contributed by atoms with Gasteiger partial charge in [-0.2, -0.15) is 4.98 Å². The number of fused-ring (bicyclic) bond motifs is 4. The van der Waals surface area contributed by atoms with Crippen LogP contribution >= 0.6 is 15.3 Å². The fourth-order valence-corrected chi connectivity index (χ4v) is 7.23. The van der Waals surface area contributed by atoms with Crippen molar-refractivity contribution < 1.29 is 50.4 Å². The summed E-state index contributed by atoms with van der Waals surface area (Å²) in [6, 6.07) is 0. The molecule has 20 nitrogen and oxygen atoms in total. The van der Waals surface area contributed by atoms with Crippen LogP contribution in [0.4, 0.5) is 20.5 Å². The van der Waals surface area contributed by atoms with Gasteiger partial charge in [0.1, 0.15) is 36.3 Å². The molecule has 0 aliphatic carbocycles. The van der Waals surface area contributed by atoms with Gasteiger partial charge >= 0.3 is 7.82 Å². The van der Waals surface area contributed by atoms with Crippen molar-refractivity contribution >= 4 is 57.0 Å². The van der Waals surface area contributed by atoms with E-state index in [2.05, 4.69) is 29.9 Å². The van der Waals surface area contributed by atoms with E-state index in [1.807, 2.05) is 0 Å². The Bertz CT molecular complexity index is 1950. The molecule has 2 radical (unpaired) electrons. The fraction of sp³-hybridized carbons (Fsp3) is 0.500. The zero-order chi connectivity index (χ0) is 31.8. The largest absolute Gasteiger partial charge is 0.472 e. The zero-order valence-electron chi connectivity index (χ0n) is 22.4. The van der Waals surface area contributed by atoms with Crippen molar-refractivity contribution in [1.29, 1.82) is 0 Å². The first-order valence-corrected chi connectivity index (χ1v) is 16.0. The minimum absolute atomic E-state index is 0.00732. The number of nitrogens with one attached hydrogen (secondary N) is 1. The summed E-state index contributed by atoms with van der Waals surface area (Å²) in [5, 5.41) is 0. The Balaban J connectivity index is 1.17. The number of H-pyrrole nitrogens is 1. The maximum absolute atomic E-state index is 15.9. The number of rotatable bonds is 2. The number of ether oxygens (including phenoxy) is 2. The molecule has 10 atom stereocenters. The summed E-state index contributed by atoms with van der Waals surface area (Å²) in [5.41, 5.74) is 10.5. The molecule has 2 unspecified atom stereocenters. The van der Waals surface area contributed by atoms with Crippen LogP contribution in [0, 0.1) is 0 Å². The highest BCUT2D eigenvalue weighted by Gasteiger charge is 2.54. The van der Waals surface area contributed by atoms with Gasteiger partial charge in [0.2, 0.25) is 13.5 Å². The van der Waals surface area contributed by atoms with Crippen LogP contribution in [0.1, 0.15) is 12.5 Å². The normalized spacial score (nSPS) is 37.7. The summed E-state index contributed by atoms with van der Waals surface area (Å²) in [6.45, 7) is -1.71. The SMILES string of the molecule is [B]P1(=O)OC[C@H]2O[C@@H](n3cnc4c(=O)[nH]c(N)nc43)[C@H](F)[C@@H]2OP(=O)(O)OC[C@H]2O[C@@H](n3cnc4c(N)ncnc43)[C@H](F)[C@@H]2O1. The number of phosphoric ester groups is 1. The van der Waals surface area contributed by atoms with Gasteiger partial charge in [-0.3, -0.25) is 32.5 Å². The summed E-state index contributed by atoms with van der Waals surface area (Å²) < 4.78 is 92.3. The third-order valence-corrected chi connectivity index (χ3v) is 9.30. The Morgan fingerprint density at radius 1 is 0.911 bits per heavy atom. The maximum atomic E-state index is 15.9. The summed E-state index contributed by atoms with van der Waals surface area (Å²) >= 11 is 0. The molecular formula is C20H21BF2N10O10P2. The van der Waals surface area contributed by atoms with E-state index in [9.17, 15) is 18.8 Å². The van der Waals surface area contributed by atoms with Crippen molar-refractivity contribution in [2.24, 2.45) is 0 Å². The van der Waals surface area contributed by atoms with Crippen molar-refractivity contribution in [3.05, 3.63) is 29.3 Å². The van der Waals surface area contributed by atoms with Crippen molar-refractivity contribution in [3.63, 3.8) is 0 Å². The molecule has 0 spiro atoms. The molecule has 7 heterocycles. The number of aromatic amines is 1. The number of nitrogen functional groups attached to an aromatic ring is 2. The van der Waals surface area contributed by atoms with Gasteiger partial charge < -0.3 is 34.9 Å². The Kier molecular flexibility index (Phi) is 7.30. The molecule has 238 valence electrons. The second-order valence-electron chi connectivity index (χ2n) is 10.1. The topological polar surface area (TPSA) is 269 Å². The van der Waals surface area contributed by atoms with Crippen molar-refractivity contribution in [2.75, 3.05) is 24.7 Å². The van der Waals surface area contributed by atoms with E-state index in [-0.39, 0.29) is 34.1 Å². The van der Waals surface area contributed by atoms with Crippen molar-refractivity contribution in [3.8, 4) is 0 Å². The van der Waals surface area contributed by atoms with Crippen LogP contribution in [0.3, 0.4) is 0 Å². The highest BCUT2D eigenvalue weighted by atomic mass is 31.2. The molecule has 7 rings (SSSR count). The number of anilines is 2. The highest BCUT2D eigenvalue weighted by molar-refractivity contribution is 7.79. The first kappa shape index (κ1) is 30.3. The predicted molar refractivity (Wildman–Crippen MR) is 145 cm³/mol. The number of hydrogen-bond donors (Lipinski definition) is 4. The molecule has 3 aliphatic heterocycles. The molecular weight excluding hydrogens is 651 g/mol. The van der Waals surface area contributed by atoms with Crippen LogP contribution < -0.4 is 17.0 Å². The molecule has 3 saturated heterocycles. The number of alkyl halides is 2. The van der Waals surface area contributed by atoms with Gasteiger partial charge in [-0.05, 0) is 0 Å². The summed E-state index contributed by atoms with van der Waals surface area (Å²) in [4.78, 5) is 44.7. The summed E-state index contributed by atoms with van der Waals surface area (Å²) in [6.07, 6.45) is -11.0. The lowest BCUT2D eigenvalue weighted by molar-refractivity contribution is -0.0607. The van der Waals surface area contributed by atoms with Gasteiger partial charge in [0.05, 0.1) is 25.9 Å². The Hall–Kier alpha value is -3.40. The van der Waals surface area contributed by atoms with Gasteiger partial charge in [-0.25, -0.2) is 33.3 Å². The van der Waals surface area contributed by atoms with Gasteiger partial charge in [-0.15, -0.1) is 0 Å². The smallest absolute Gasteiger partial charge is 0.382 e. The first-order chi connectivity index (χ1) is 21.3. The number of nitrogens with zero attached hydrogens (tertiary/aromatic N) is 7. The molecule has 0 bridgehead atoms. The number of hydrogen-bond acceptors (Lipinski definition) is 16. The monoisotopic (exact) mass is 672 g/mol. The molecule has 4 aromatic heterocycles. The number of phosphoric acid groups is 1. The zero-order valence-corrected chi connectivity index (χ0v) is 24.2. The molecule has 6 N–H and O–H groups in total. The van der Waals surface area contributed by atoms with E-state index in [0.717, 1.165) is 21.8 Å². The van der Waals surface area contributed by atoms with Gasteiger partial charge in [-0.1, -0.05) is 0 Å². The van der Waals surface area contributed by atoms with Crippen LogP contribution in [-0.4, -0.2) is 101 Å². The van der Waals surface area contributed by atoms with Crippen LogP contribution in [0.5, 0.6) is 0 Å². The molecule has 0 aromatic carbocycles. The summed E-state index contributed by atoms with van der Waals surface area (Å²) in [5.74, 6) is -0.295. The molecule has 3 fully saturated rings. The number of aromatic nitrogens is 8. The number of halogens is 2. The van der Waals surface area contributed by atoms with E-state index in [0.29, 0.717) is 0 Å². The van der Waals surface area contributed by atoms with E-state index in [1.54, 1.807) is 0 Å². The Morgan fingerprint density at radius 2 is 1.51 bits per heavy atom. The van der Waals surface area contributed by atoms with Gasteiger partial charge in [0, 0.05) is 0 Å². The Labute approximate surface area is 249 Å². The first-order valence-electron chi connectivity index (χ1n) is 12.9. The van der Waals surface area contributed by atoms with E-state index < -0.39 is 83.3 Å². The van der Waals surface area contributed by atoms with E-state index >= 15 is 8.78 Å². The van der Waals surface area contributed by atoms with E-state index in [1.165, 1.54) is 6.33 Å². The Morgan fingerprint density at radius 3 is 2.20 bits per heavy atom. The fourth-order valence-electron chi connectivity index (χ4n) is 5.27. The second kappa shape index (κ2) is 10.9. The molecule has 3 aliphatic rings. The third-order valence-electron chi connectivity index (χ3n) is 7.26. The third kappa shape index (κ3) is 5.32. The van der Waals surface area contributed by atoms with Crippen LogP contribution in [-0.2, 0) is 36.7 Å². The second-order valence-corrected chi connectivity index (χ2v) is 13.1. The lowest BCUT2D eigenvalue weighted by atomic mass is 10.1. The lowest BCUT2D eigenvalue weighted by Crippen LogP contribution is -2.37. The quantitative estimate of drug-likeness (QED) is 0.158. The number of nitrogens with two attached hydrogens (primary N) is 2. The van der Waals surface area contributed by atoms with Crippen molar-refractivity contribution in [2.45, 2.75) is 49.2 Å². The minimum atomic E-state index is -5.15. The lowest BCUT2D eigenvalue weighted by Gasteiger charge is -2.28. The average Bonchev–Trinajstić information content (AvgIpc) is 3.72. The standard InChI is InChI=1S/C20H21BF2N10O10P2/c21-44(35)38-1-6-13(9(23)19(40-6)33-5-29-11-16(33)30-20(25)31-17(11)34)43-45(36,37)39-2-7-12(42-44)8(22)18(41-7)32-4-28-10-14(24)26-3-27-15(10)32/h3-9,12-13,18-19H,1-2H2,(H,36,37)(H2,24,26,27)(H3,25,30,31,34)/t6-,7-,8-,9-,12-,13-,18-,19-,44?/m1/s1. The van der Waals surface area contributed by atoms with Crippen molar-refractivity contribution in [1.82, 2.24) is 39.0 Å².